The van der Waals surface area contributed by atoms with Crippen molar-refractivity contribution in [1.29, 1.82) is 0 Å². The molecule has 1 aromatic carbocycles. The number of aryl methyl sites for hydroxylation is 3. The van der Waals surface area contributed by atoms with Crippen LogP contribution in [0.5, 0.6) is 5.75 Å². The highest BCUT2D eigenvalue weighted by Crippen LogP contribution is 2.22. The second-order valence-corrected chi connectivity index (χ2v) is 7.00. The molecule has 2 aromatic rings. The van der Waals surface area contributed by atoms with E-state index >= 15 is 0 Å². The van der Waals surface area contributed by atoms with E-state index in [4.69, 9.17) is 4.74 Å². The predicted molar refractivity (Wildman–Crippen MR) is 127 cm³/mol. The van der Waals surface area contributed by atoms with Gasteiger partial charge >= 0.3 is 0 Å². The third-order valence-electron chi connectivity index (χ3n) is 4.89. The van der Waals surface area contributed by atoms with Gasteiger partial charge in [0.25, 0.3) is 0 Å². The lowest BCUT2D eigenvalue weighted by Gasteiger charge is -2.18. The maximum Gasteiger partial charge on any atom is 0.191 e. The lowest BCUT2D eigenvalue weighted by Crippen LogP contribution is -2.36. The second-order valence-electron chi connectivity index (χ2n) is 7.00. The number of ether oxygens (including phenoxy) is 1. The largest absolute Gasteiger partial charge is 0.490 e. The smallest absolute Gasteiger partial charge is 0.191 e. The van der Waals surface area contributed by atoms with Gasteiger partial charge in [0.1, 0.15) is 5.75 Å². The Morgan fingerprint density at radius 1 is 1.21 bits per heavy atom. The van der Waals surface area contributed by atoms with Crippen molar-refractivity contribution in [2.75, 3.05) is 7.05 Å². The average Bonchev–Trinajstić information content (AvgIpc) is 2.88. The normalized spacial score (nSPS) is 12.3. The quantitative estimate of drug-likeness (QED) is 0.344. The molecule has 0 fully saturated rings. The number of aromatic nitrogens is 2. The van der Waals surface area contributed by atoms with Gasteiger partial charge in [-0.25, -0.2) is 0 Å². The van der Waals surface area contributed by atoms with Gasteiger partial charge in [0.2, 0.25) is 0 Å². The molecule has 28 heavy (non-hydrogen) atoms. The Bertz CT molecular complexity index is 800. The van der Waals surface area contributed by atoms with Crippen LogP contribution in [0.4, 0.5) is 0 Å². The first-order valence-electron chi connectivity index (χ1n) is 9.55. The van der Waals surface area contributed by atoms with E-state index in [0.717, 1.165) is 29.4 Å². The van der Waals surface area contributed by atoms with Crippen molar-refractivity contribution in [2.45, 2.75) is 60.2 Å². The molecule has 1 unspecified atom stereocenters. The van der Waals surface area contributed by atoms with Crippen LogP contribution < -0.4 is 15.4 Å². The summed E-state index contributed by atoms with van der Waals surface area (Å²) in [5, 5.41) is 11.2. The van der Waals surface area contributed by atoms with Gasteiger partial charge in [0, 0.05) is 44.0 Å². The van der Waals surface area contributed by atoms with Crippen LogP contribution in [0.15, 0.2) is 23.2 Å². The van der Waals surface area contributed by atoms with E-state index in [0.29, 0.717) is 13.1 Å². The minimum atomic E-state index is 0. The van der Waals surface area contributed by atoms with Crippen LogP contribution in [0.1, 0.15) is 48.3 Å². The van der Waals surface area contributed by atoms with E-state index < -0.39 is 0 Å². The molecule has 2 N–H and O–H groups in total. The molecular formula is C21H34IN5O. The molecule has 1 atom stereocenters. The average molecular weight is 499 g/mol. The Labute approximate surface area is 186 Å². The lowest BCUT2D eigenvalue weighted by atomic mass is 10.1. The third-order valence-corrected chi connectivity index (χ3v) is 4.89. The lowest BCUT2D eigenvalue weighted by molar-refractivity contribution is 0.215. The summed E-state index contributed by atoms with van der Waals surface area (Å²) < 4.78 is 8.00. The van der Waals surface area contributed by atoms with Crippen LogP contribution in [0.25, 0.3) is 0 Å². The van der Waals surface area contributed by atoms with E-state index in [1.807, 2.05) is 18.7 Å². The van der Waals surface area contributed by atoms with Crippen LogP contribution in [0.3, 0.4) is 0 Å². The molecule has 6 nitrogen and oxygen atoms in total. The van der Waals surface area contributed by atoms with Gasteiger partial charge in [0.05, 0.1) is 11.8 Å². The van der Waals surface area contributed by atoms with Crippen molar-refractivity contribution in [3.63, 3.8) is 0 Å². The molecule has 0 saturated carbocycles. The number of nitrogens with one attached hydrogen (secondary N) is 2. The minimum Gasteiger partial charge on any atom is -0.490 e. The molecule has 0 radical (unpaired) electrons. The summed E-state index contributed by atoms with van der Waals surface area (Å²) in [5.41, 5.74) is 5.73. The molecule has 0 amide bonds. The summed E-state index contributed by atoms with van der Waals surface area (Å²) >= 11 is 0. The number of hydrogen-bond acceptors (Lipinski definition) is 3. The fraction of sp³-hybridized carbons (Fsp3) is 0.524. The molecule has 1 aromatic heterocycles. The van der Waals surface area contributed by atoms with E-state index in [2.05, 4.69) is 66.6 Å². The molecule has 2 rings (SSSR count). The van der Waals surface area contributed by atoms with Crippen molar-refractivity contribution in [3.05, 3.63) is 46.3 Å². The van der Waals surface area contributed by atoms with E-state index in [9.17, 15) is 0 Å². The van der Waals surface area contributed by atoms with Crippen LogP contribution >= 0.6 is 24.0 Å². The first kappa shape index (κ1) is 24.3. The van der Waals surface area contributed by atoms with Crippen molar-refractivity contribution in [2.24, 2.45) is 12.0 Å². The maximum absolute atomic E-state index is 6.09. The highest BCUT2D eigenvalue weighted by molar-refractivity contribution is 14.0. The van der Waals surface area contributed by atoms with Gasteiger partial charge in [-0.2, -0.15) is 5.10 Å². The number of aliphatic imine (C=N–C) groups is 1. The molecule has 0 aliphatic heterocycles. The van der Waals surface area contributed by atoms with E-state index in [-0.39, 0.29) is 30.1 Å². The molecule has 7 heteroatoms. The van der Waals surface area contributed by atoms with Crippen LogP contribution in [-0.2, 0) is 20.1 Å². The first-order valence-corrected chi connectivity index (χ1v) is 9.55. The summed E-state index contributed by atoms with van der Waals surface area (Å²) in [7, 11) is 3.75. The Morgan fingerprint density at radius 3 is 2.46 bits per heavy atom. The summed E-state index contributed by atoms with van der Waals surface area (Å²) in [6, 6.07) is 6.32. The number of guanidine groups is 1. The van der Waals surface area contributed by atoms with Crippen LogP contribution in [0, 0.1) is 20.8 Å². The predicted octanol–water partition coefficient (Wildman–Crippen LogP) is 4.01. The number of halogens is 1. The third kappa shape index (κ3) is 6.39. The maximum atomic E-state index is 6.09. The van der Waals surface area contributed by atoms with E-state index in [1.54, 1.807) is 7.05 Å². The molecule has 0 aliphatic carbocycles. The molecule has 0 spiro atoms. The summed E-state index contributed by atoms with van der Waals surface area (Å²) in [5.74, 6) is 1.69. The monoisotopic (exact) mass is 499 g/mol. The van der Waals surface area contributed by atoms with Gasteiger partial charge in [-0.1, -0.05) is 19.1 Å². The summed E-state index contributed by atoms with van der Waals surface area (Å²) in [6.07, 6.45) is 1.17. The molecule has 156 valence electrons. The molecule has 1 heterocycles. The Balaban J connectivity index is 0.00000392. The Kier molecular flexibility index (Phi) is 9.78. The van der Waals surface area contributed by atoms with Gasteiger partial charge < -0.3 is 15.4 Å². The van der Waals surface area contributed by atoms with Crippen molar-refractivity contribution >= 4 is 29.9 Å². The van der Waals surface area contributed by atoms with Gasteiger partial charge in [0.15, 0.2) is 5.96 Å². The van der Waals surface area contributed by atoms with E-state index in [1.165, 1.54) is 16.8 Å². The van der Waals surface area contributed by atoms with Crippen molar-refractivity contribution in [3.8, 4) is 5.75 Å². The first-order chi connectivity index (χ1) is 12.8. The fourth-order valence-corrected chi connectivity index (χ4v) is 2.86. The SMILES string of the molecule is CCC(C)Oc1cc(C)ccc1CNC(=NC)NCc1c(C)nn(C)c1C.I. The molecule has 0 saturated heterocycles. The molecular weight excluding hydrogens is 465 g/mol. The van der Waals surface area contributed by atoms with Crippen molar-refractivity contribution < 1.29 is 4.74 Å². The number of rotatable bonds is 7. The molecule has 0 aliphatic rings. The zero-order chi connectivity index (χ0) is 20.0. The molecule has 0 bridgehead atoms. The highest BCUT2D eigenvalue weighted by atomic mass is 127. The Hall–Kier alpha value is -1.77. The summed E-state index contributed by atoms with van der Waals surface area (Å²) in [6.45, 7) is 11.8. The van der Waals surface area contributed by atoms with Crippen LogP contribution in [0.2, 0.25) is 0 Å². The van der Waals surface area contributed by atoms with Crippen LogP contribution in [-0.4, -0.2) is 28.9 Å². The van der Waals surface area contributed by atoms with Crippen molar-refractivity contribution in [1.82, 2.24) is 20.4 Å². The topological polar surface area (TPSA) is 63.5 Å². The zero-order valence-electron chi connectivity index (χ0n) is 18.1. The van der Waals surface area contributed by atoms with Gasteiger partial charge in [-0.3, -0.25) is 9.67 Å². The Morgan fingerprint density at radius 2 is 1.89 bits per heavy atom. The second kappa shape index (κ2) is 11.3. The number of nitrogens with zero attached hydrogens (tertiary/aromatic N) is 3. The number of benzene rings is 1. The highest BCUT2D eigenvalue weighted by Gasteiger charge is 2.11. The zero-order valence-corrected chi connectivity index (χ0v) is 20.4. The van der Waals surface area contributed by atoms with Gasteiger partial charge in [-0.05, 0) is 45.7 Å². The van der Waals surface area contributed by atoms with Gasteiger partial charge in [-0.15, -0.1) is 24.0 Å². The fourth-order valence-electron chi connectivity index (χ4n) is 2.86. The summed E-state index contributed by atoms with van der Waals surface area (Å²) in [4.78, 5) is 4.34. The number of hydrogen-bond donors (Lipinski definition) is 2. The standard InChI is InChI=1S/C21H33N5O.HI/c1-8-15(3)27-20-11-14(2)9-10-18(20)12-23-21(22-6)24-13-19-16(4)25-26(7)17(19)5;/h9-11,15H,8,12-13H2,1-7H3,(H2,22,23,24);1H. The minimum absolute atomic E-state index is 0.